The molecule has 2 atom stereocenters. The first kappa shape index (κ1) is 10.5. The van der Waals surface area contributed by atoms with Crippen LogP contribution in [0.2, 0.25) is 0 Å². The highest BCUT2D eigenvalue weighted by molar-refractivity contribution is 4.83. The van der Waals surface area contributed by atoms with Crippen LogP contribution in [-0.2, 0) is 0 Å². The summed E-state index contributed by atoms with van der Waals surface area (Å²) < 4.78 is 0. The van der Waals surface area contributed by atoms with Crippen molar-refractivity contribution in [3.63, 3.8) is 0 Å². The second-order valence-electron chi connectivity index (χ2n) is 5.20. The number of hydrogen-bond acceptors (Lipinski definition) is 1. The summed E-state index contributed by atoms with van der Waals surface area (Å²) in [5, 5.41) is 3.49. The van der Waals surface area contributed by atoms with Gasteiger partial charge in [0.1, 0.15) is 0 Å². The van der Waals surface area contributed by atoms with Gasteiger partial charge in [0.25, 0.3) is 0 Å². The van der Waals surface area contributed by atoms with E-state index in [-0.39, 0.29) is 0 Å². The monoisotopic (exact) mass is 195 g/mol. The fraction of sp³-hybridized carbons (Fsp3) is 1.00. The van der Waals surface area contributed by atoms with Gasteiger partial charge in [-0.3, -0.25) is 0 Å². The van der Waals surface area contributed by atoms with Crippen LogP contribution in [0, 0.1) is 17.8 Å². The van der Waals surface area contributed by atoms with Gasteiger partial charge < -0.3 is 5.32 Å². The molecule has 0 aromatic rings. The van der Waals surface area contributed by atoms with Gasteiger partial charge in [-0.15, -0.1) is 0 Å². The normalized spacial score (nSPS) is 35.8. The zero-order valence-corrected chi connectivity index (χ0v) is 9.60. The molecule has 0 amide bonds. The maximum atomic E-state index is 3.49. The molecule has 14 heavy (non-hydrogen) atoms. The van der Waals surface area contributed by atoms with E-state index in [0.29, 0.717) is 0 Å². The fourth-order valence-corrected chi connectivity index (χ4v) is 3.64. The first-order valence-electron chi connectivity index (χ1n) is 6.62. The molecule has 1 saturated carbocycles. The number of piperidine rings is 1. The van der Waals surface area contributed by atoms with E-state index in [1.54, 1.807) is 0 Å². The third kappa shape index (κ3) is 2.31. The van der Waals surface area contributed by atoms with E-state index >= 15 is 0 Å². The molecule has 2 rings (SSSR count). The Labute approximate surface area is 88.7 Å². The molecule has 0 radical (unpaired) electrons. The highest BCUT2D eigenvalue weighted by Crippen LogP contribution is 2.40. The van der Waals surface area contributed by atoms with Crippen molar-refractivity contribution in [2.24, 2.45) is 17.8 Å². The molecule has 0 bridgehead atoms. The molecule has 1 heterocycles. The average Bonchev–Trinajstić information content (AvgIpc) is 2.30. The molecule has 1 aliphatic carbocycles. The number of hydrogen-bond donors (Lipinski definition) is 1. The summed E-state index contributed by atoms with van der Waals surface area (Å²) in [5.74, 6) is 3.20. The van der Waals surface area contributed by atoms with E-state index in [4.69, 9.17) is 0 Å². The summed E-state index contributed by atoms with van der Waals surface area (Å²) in [6.45, 7) is 4.94. The van der Waals surface area contributed by atoms with Crippen molar-refractivity contribution in [1.29, 1.82) is 0 Å². The summed E-state index contributed by atoms with van der Waals surface area (Å²) in [6.07, 6.45) is 10.4. The zero-order chi connectivity index (χ0) is 9.80. The summed E-state index contributed by atoms with van der Waals surface area (Å²) in [5.41, 5.74) is 0. The number of rotatable bonds is 2. The van der Waals surface area contributed by atoms with E-state index in [9.17, 15) is 0 Å². The highest BCUT2D eigenvalue weighted by atomic mass is 14.9. The molecular formula is C13H25N. The Kier molecular flexibility index (Phi) is 3.86. The molecule has 1 saturated heterocycles. The second-order valence-corrected chi connectivity index (χ2v) is 5.20. The molecule has 2 unspecified atom stereocenters. The number of nitrogens with one attached hydrogen (secondary N) is 1. The summed E-state index contributed by atoms with van der Waals surface area (Å²) in [4.78, 5) is 0. The first-order chi connectivity index (χ1) is 6.92. The second kappa shape index (κ2) is 5.16. The molecule has 1 nitrogen and oxygen atoms in total. The quantitative estimate of drug-likeness (QED) is 0.713. The van der Waals surface area contributed by atoms with Crippen LogP contribution in [-0.4, -0.2) is 13.1 Å². The van der Waals surface area contributed by atoms with Crippen molar-refractivity contribution < 1.29 is 0 Å². The Hall–Kier alpha value is -0.0400. The van der Waals surface area contributed by atoms with Crippen LogP contribution in [0.15, 0.2) is 0 Å². The molecule has 0 aromatic heterocycles. The average molecular weight is 195 g/mol. The Morgan fingerprint density at radius 1 is 1.00 bits per heavy atom. The van der Waals surface area contributed by atoms with E-state index in [1.807, 2.05) is 0 Å². The lowest BCUT2D eigenvalue weighted by Crippen LogP contribution is -2.35. The van der Waals surface area contributed by atoms with Gasteiger partial charge in [-0.25, -0.2) is 0 Å². The van der Waals surface area contributed by atoms with Crippen molar-refractivity contribution >= 4 is 0 Å². The van der Waals surface area contributed by atoms with Crippen molar-refractivity contribution in [1.82, 2.24) is 5.32 Å². The minimum absolute atomic E-state index is 1.06. The molecule has 1 heteroatoms. The van der Waals surface area contributed by atoms with Gasteiger partial charge >= 0.3 is 0 Å². The molecule has 2 aliphatic rings. The van der Waals surface area contributed by atoms with E-state index < -0.39 is 0 Å². The zero-order valence-electron chi connectivity index (χ0n) is 9.60. The van der Waals surface area contributed by atoms with Gasteiger partial charge in [-0.2, -0.15) is 0 Å². The topological polar surface area (TPSA) is 12.0 Å². The van der Waals surface area contributed by atoms with E-state index in [1.165, 1.54) is 58.0 Å². The van der Waals surface area contributed by atoms with E-state index in [2.05, 4.69) is 12.2 Å². The van der Waals surface area contributed by atoms with Gasteiger partial charge in [0.2, 0.25) is 0 Å². The van der Waals surface area contributed by atoms with Crippen molar-refractivity contribution in [2.45, 2.75) is 51.9 Å². The lowest BCUT2D eigenvalue weighted by Gasteiger charge is -2.38. The lowest BCUT2D eigenvalue weighted by molar-refractivity contribution is 0.130. The predicted molar refractivity (Wildman–Crippen MR) is 61.3 cm³/mol. The van der Waals surface area contributed by atoms with Crippen LogP contribution < -0.4 is 5.32 Å². The van der Waals surface area contributed by atoms with Crippen LogP contribution in [0.25, 0.3) is 0 Å². The van der Waals surface area contributed by atoms with E-state index in [0.717, 1.165) is 17.8 Å². The molecule has 0 aromatic carbocycles. The smallest absolute Gasteiger partial charge is 0.00462 e. The molecule has 2 fully saturated rings. The Balaban J connectivity index is 1.91. The lowest BCUT2D eigenvalue weighted by atomic mass is 9.69. The predicted octanol–water partition coefficient (Wildman–Crippen LogP) is 3.20. The third-order valence-electron chi connectivity index (χ3n) is 4.48. The minimum atomic E-state index is 1.06. The van der Waals surface area contributed by atoms with Crippen LogP contribution in [0.3, 0.4) is 0 Å². The van der Waals surface area contributed by atoms with Crippen LogP contribution in [0.1, 0.15) is 51.9 Å². The van der Waals surface area contributed by atoms with Crippen LogP contribution >= 0.6 is 0 Å². The summed E-state index contributed by atoms with van der Waals surface area (Å²) in [6, 6.07) is 0. The molecule has 82 valence electrons. The van der Waals surface area contributed by atoms with Crippen LogP contribution in [0.5, 0.6) is 0 Å². The summed E-state index contributed by atoms with van der Waals surface area (Å²) in [7, 11) is 0. The van der Waals surface area contributed by atoms with Crippen molar-refractivity contribution in [3.8, 4) is 0 Å². The maximum absolute atomic E-state index is 3.49. The van der Waals surface area contributed by atoms with Gasteiger partial charge in [-0.05, 0) is 50.1 Å². The highest BCUT2D eigenvalue weighted by Gasteiger charge is 2.31. The van der Waals surface area contributed by atoms with Gasteiger partial charge in [0, 0.05) is 0 Å². The molecule has 1 aliphatic heterocycles. The molecule has 0 spiro atoms. The summed E-state index contributed by atoms with van der Waals surface area (Å²) >= 11 is 0. The molecular weight excluding hydrogens is 170 g/mol. The Morgan fingerprint density at radius 3 is 2.43 bits per heavy atom. The fourth-order valence-electron chi connectivity index (χ4n) is 3.64. The van der Waals surface area contributed by atoms with Crippen molar-refractivity contribution in [2.75, 3.05) is 13.1 Å². The van der Waals surface area contributed by atoms with Gasteiger partial charge in [-0.1, -0.05) is 32.6 Å². The van der Waals surface area contributed by atoms with Crippen molar-refractivity contribution in [3.05, 3.63) is 0 Å². The maximum Gasteiger partial charge on any atom is -0.00462 e. The van der Waals surface area contributed by atoms with Gasteiger partial charge in [0.05, 0.1) is 0 Å². The minimum Gasteiger partial charge on any atom is -0.317 e. The molecule has 1 N–H and O–H groups in total. The Morgan fingerprint density at radius 2 is 1.71 bits per heavy atom. The Bertz CT molecular complexity index is 161. The SMILES string of the molecule is CCC1CCCCC1C1CCNCC1. The largest absolute Gasteiger partial charge is 0.317 e. The first-order valence-corrected chi connectivity index (χ1v) is 6.62. The standard InChI is InChI=1S/C13H25N/c1-2-11-5-3-4-6-13(11)12-7-9-14-10-8-12/h11-14H,2-10H2,1H3. The van der Waals surface area contributed by atoms with Crippen LogP contribution in [0.4, 0.5) is 0 Å². The van der Waals surface area contributed by atoms with Gasteiger partial charge in [0.15, 0.2) is 0 Å². The third-order valence-corrected chi connectivity index (χ3v) is 4.48.